The van der Waals surface area contributed by atoms with Crippen LogP contribution in [-0.4, -0.2) is 23.5 Å². The molecule has 88 valence electrons. The average molecular weight is 217 g/mol. The van der Waals surface area contributed by atoms with E-state index in [1.165, 1.54) is 6.92 Å². The van der Waals surface area contributed by atoms with E-state index in [-0.39, 0.29) is 12.5 Å². The Morgan fingerprint density at radius 1 is 1.40 bits per heavy atom. The number of esters is 1. The van der Waals surface area contributed by atoms with Gasteiger partial charge in [-0.15, -0.1) is 0 Å². The molecule has 0 aromatic heterocycles. The van der Waals surface area contributed by atoms with Gasteiger partial charge in [0.1, 0.15) is 0 Å². The molecule has 0 spiro atoms. The molecule has 5 nitrogen and oxygen atoms in total. The second-order valence-electron chi connectivity index (χ2n) is 4.27. The Bertz CT molecular complexity index is 211. The second kappa shape index (κ2) is 6.37. The minimum absolute atomic E-state index is 0.0132. The largest absolute Gasteiger partial charge is 0.455 e. The molecule has 0 aromatic carbocycles. The van der Waals surface area contributed by atoms with Gasteiger partial charge in [-0.25, -0.2) is 0 Å². The summed E-state index contributed by atoms with van der Waals surface area (Å²) in [6.07, 6.45) is 0.200. The summed E-state index contributed by atoms with van der Waals surface area (Å²) in [4.78, 5) is 20.7. The summed E-state index contributed by atoms with van der Waals surface area (Å²) < 4.78 is 4.94. The van der Waals surface area contributed by atoms with Gasteiger partial charge in [0, 0.05) is 11.8 Å². The summed E-state index contributed by atoms with van der Waals surface area (Å²) >= 11 is 0. The molecule has 0 aromatic rings. The van der Waals surface area contributed by atoms with E-state index in [1.807, 2.05) is 20.8 Å². The van der Waals surface area contributed by atoms with Crippen molar-refractivity contribution in [3.8, 4) is 0 Å². The predicted molar refractivity (Wildman–Crippen MR) is 56.0 cm³/mol. The van der Waals surface area contributed by atoms with Crippen LogP contribution in [0.1, 0.15) is 34.1 Å². The number of hydrogen-bond acceptors (Lipinski definition) is 4. The monoisotopic (exact) mass is 217 g/mol. The van der Waals surface area contributed by atoms with Gasteiger partial charge in [0.2, 0.25) is 6.54 Å². The zero-order valence-electron chi connectivity index (χ0n) is 9.73. The van der Waals surface area contributed by atoms with E-state index < -0.39 is 17.0 Å². The molecule has 0 saturated carbocycles. The minimum Gasteiger partial charge on any atom is -0.455 e. The Hall–Kier alpha value is -1.13. The highest BCUT2D eigenvalue weighted by Crippen LogP contribution is 2.17. The van der Waals surface area contributed by atoms with Crippen LogP contribution in [0.2, 0.25) is 0 Å². The maximum Gasteiger partial charge on any atom is 0.303 e. The zero-order valence-corrected chi connectivity index (χ0v) is 9.73. The lowest BCUT2D eigenvalue weighted by molar-refractivity contribution is -0.492. The Morgan fingerprint density at radius 2 is 1.93 bits per heavy atom. The quantitative estimate of drug-likeness (QED) is 0.387. The van der Waals surface area contributed by atoms with Crippen molar-refractivity contribution in [2.75, 3.05) is 6.54 Å². The van der Waals surface area contributed by atoms with Crippen LogP contribution in [0, 0.1) is 22.0 Å². The van der Waals surface area contributed by atoms with Crippen LogP contribution in [0.5, 0.6) is 0 Å². The third kappa shape index (κ3) is 6.88. The smallest absolute Gasteiger partial charge is 0.303 e. The SMILES string of the molecule is CC(=O)OC(C[N+](=O)[O-])C(C)CC(C)C. The average Bonchev–Trinajstić information content (AvgIpc) is 1.99. The van der Waals surface area contributed by atoms with E-state index in [9.17, 15) is 14.9 Å². The van der Waals surface area contributed by atoms with Crippen molar-refractivity contribution in [2.24, 2.45) is 11.8 Å². The predicted octanol–water partition coefficient (Wildman–Crippen LogP) is 1.88. The van der Waals surface area contributed by atoms with Gasteiger partial charge in [0.25, 0.3) is 0 Å². The van der Waals surface area contributed by atoms with Crippen molar-refractivity contribution in [1.82, 2.24) is 0 Å². The molecule has 15 heavy (non-hydrogen) atoms. The van der Waals surface area contributed by atoms with Crippen molar-refractivity contribution in [2.45, 2.75) is 40.2 Å². The molecule has 0 bridgehead atoms. The number of nitro groups is 1. The Balaban J connectivity index is 4.32. The van der Waals surface area contributed by atoms with Gasteiger partial charge in [-0.3, -0.25) is 14.9 Å². The molecular weight excluding hydrogens is 198 g/mol. The highest BCUT2D eigenvalue weighted by molar-refractivity contribution is 5.66. The lowest BCUT2D eigenvalue weighted by Gasteiger charge is -2.21. The van der Waals surface area contributed by atoms with E-state index in [4.69, 9.17) is 4.74 Å². The van der Waals surface area contributed by atoms with Crippen LogP contribution in [0.3, 0.4) is 0 Å². The molecule has 0 fully saturated rings. The molecule has 0 aliphatic rings. The number of hydrogen-bond donors (Lipinski definition) is 0. The highest BCUT2D eigenvalue weighted by Gasteiger charge is 2.25. The van der Waals surface area contributed by atoms with Crippen molar-refractivity contribution < 1.29 is 14.5 Å². The molecule has 0 heterocycles. The van der Waals surface area contributed by atoms with Gasteiger partial charge in [-0.1, -0.05) is 20.8 Å². The Labute approximate surface area is 90.0 Å². The van der Waals surface area contributed by atoms with Crippen LogP contribution in [0.25, 0.3) is 0 Å². The number of rotatable bonds is 6. The summed E-state index contributed by atoms with van der Waals surface area (Å²) in [5, 5.41) is 10.4. The van der Waals surface area contributed by atoms with Gasteiger partial charge in [0.15, 0.2) is 6.10 Å². The first kappa shape index (κ1) is 13.9. The van der Waals surface area contributed by atoms with E-state index in [0.717, 1.165) is 6.42 Å². The van der Waals surface area contributed by atoms with E-state index in [1.54, 1.807) is 0 Å². The molecule has 0 aliphatic heterocycles. The fourth-order valence-electron chi connectivity index (χ4n) is 1.59. The lowest BCUT2D eigenvalue weighted by Crippen LogP contribution is -2.32. The third-order valence-electron chi connectivity index (χ3n) is 2.12. The lowest BCUT2D eigenvalue weighted by atomic mass is 9.94. The molecule has 0 N–H and O–H groups in total. The molecule has 5 heteroatoms. The second-order valence-corrected chi connectivity index (χ2v) is 4.27. The van der Waals surface area contributed by atoms with Gasteiger partial charge in [0.05, 0.1) is 0 Å². The maximum absolute atomic E-state index is 10.8. The topological polar surface area (TPSA) is 69.4 Å². The molecule has 2 unspecified atom stereocenters. The van der Waals surface area contributed by atoms with E-state index >= 15 is 0 Å². The fraction of sp³-hybridized carbons (Fsp3) is 0.900. The molecule has 0 amide bonds. The molecule has 2 atom stereocenters. The van der Waals surface area contributed by atoms with Gasteiger partial charge >= 0.3 is 5.97 Å². The highest BCUT2D eigenvalue weighted by atomic mass is 16.6. The maximum atomic E-state index is 10.8. The van der Waals surface area contributed by atoms with Crippen LogP contribution < -0.4 is 0 Å². The summed E-state index contributed by atoms with van der Waals surface area (Å²) in [5.41, 5.74) is 0. The fourth-order valence-corrected chi connectivity index (χ4v) is 1.59. The summed E-state index contributed by atoms with van der Waals surface area (Å²) in [6, 6.07) is 0. The minimum atomic E-state index is -0.611. The third-order valence-corrected chi connectivity index (χ3v) is 2.12. The summed E-state index contributed by atoms with van der Waals surface area (Å²) in [7, 11) is 0. The van der Waals surface area contributed by atoms with Crippen LogP contribution in [0.15, 0.2) is 0 Å². The normalized spacial score (nSPS) is 14.7. The van der Waals surface area contributed by atoms with Crippen LogP contribution in [0.4, 0.5) is 0 Å². The van der Waals surface area contributed by atoms with Crippen molar-refractivity contribution in [3.05, 3.63) is 10.1 Å². The Kier molecular flexibility index (Phi) is 5.89. The first-order valence-electron chi connectivity index (χ1n) is 5.12. The van der Waals surface area contributed by atoms with Crippen molar-refractivity contribution >= 4 is 5.97 Å². The molecule has 0 rings (SSSR count). The number of carbonyl (C=O) groups excluding carboxylic acids is 1. The molecule has 0 aliphatic carbocycles. The standard InChI is InChI=1S/C10H19NO4/c1-7(2)5-8(3)10(6-11(13)14)15-9(4)12/h7-8,10H,5-6H2,1-4H3. The zero-order chi connectivity index (χ0) is 12.0. The summed E-state index contributed by atoms with van der Waals surface area (Å²) in [6.45, 7) is 6.90. The number of carbonyl (C=O) groups is 1. The number of ether oxygens (including phenoxy) is 1. The van der Waals surface area contributed by atoms with Gasteiger partial charge in [-0.2, -0.15) is 0 Å². The Morgan fingerprint density at radius 3 is 2.27 bits per heavy atom. The molecule has 0 radical (unpaired) electrons. The first-order valence-corrected chi connectivity index (χ1v) is 5.12. The van der Waals surface area contributed by atoms with Crippen molar-refractivity contribution in [3.63, 3.8) is 0 Å². The number of nitrogens with zero attached hydrogens (tertiary/aromatic N) is 1. The van der Waals surface area contributed by atoms with Crippen LogP contribution in [-0.2, 0) is 9.53 Å². The first-order chi connectivity index (χ1) is 6.82. The van der Waals surface area contributed by atoms with E-state index in [2.05, 4.69) is 0 Å². The van der Waals surface area contributed by atoms with Gasteiger partial charge < -0.3 is 4.74 Å². The summed E-state index contributed by atoms with van der Waals surface area (Å²) in [5.74, 6) is -0.0124. The van der Waals surface area contributed by atoms with E-state index in [0.29, 0.717) is 5.92 Å². The van der Waals surface area contributed by atoms with Crippen molar-refractivity contribution in [1.29, 1.82) is 0 Å². The van der Waals surface area contributed by atoms with Crippen LogP contribution >= 0.6 is 0 Å². The molecule has 0 saturated heterocycles. The van der Waals surface area contributed by atoms with Gasteiger partial charge in [-0.05, 0) is 18.3 Å². The molecular formula is C10H19NO4.